The normalized spacial score (nSPS) is 12.1. The lowest BCUT2D eigenvalue weighted by molar-refractivity contribution is 0.363. The van der Waals surface area contributed by atoms with Crippen LogP contribution in [0.15, 0.2) is 66.0 Å². The van der Waals surface area contributed by atoms with Crippen molar-refractivity contribution >= 4 is 46.1 Å². The lowest BCUT2D eigenvalue weighted by Crippen LogP contribution is -2.23. The number of rotatable bonds is 6. The van der Waals surface area contributed by atoms with E-state index in [1.54, 1.807) is 12.2 Å². The van der Waals surface area contributed by atoms with Crippen LogP contribution in [0.1, 0.15) is 17.0 Å². The number of fused-ring (bicyclic) bond motifs is 1. The maximum Gasteiger partial charge on any atom is 0.291 e. The third-order valence-electron chi connectivity index (χ3n) is 4.04. The number of hydrogen-bond donors (Lipinski definition) is 0. The Morgan fingerprint density at radius 2 is 1.79 bits per heavy atom. The number of hydrogen-bond acceptors (Lipinski definition) is 5. The van der Waals surface area contributed by atoms with Gasteiger partial charge in [-0.3, -0.25) is 4.79 Å². The Morgan fingerprint density at radius 1 is 1.07 bits per heavy atom. The molecule has 0 N–H and O–H groups in total. The van der Waals surface area contributed by atoms with E-state index >= 15 is 0 Å². The van der Waals surface area contributed by atoms with Crippen molar-refractivity contribution in [1.82, 2.24) is 14.6 Å². The van der Waals surface area contributed by atoms with Crippen LogP contribution in [-0.4, -0.2) is 21.2 Å². The summed E-state index contributed by atoms with van der Waals surface area (Å²) in [5.74, 6) is 1.24. The SMILES string of the molecule is C=CCOc1ccc(/C=c2/sc3nc(/C=C/c4ccc(Cl)cc4)nn3c2=O)cc1. The highest BCUT2D eigenvalue weighted by Crippen LogP contribution is 2.14. The van der Waals surface area contributed by atoms with Gasteiger partial charge in [-0.1, -0.05) is 65.9 Å². The van der Waals surface area contributed by atoms with Crippen molar-refractivity contribution in [3.63, 3.8) is 0 Å². The zero-order chi connectivity index (χ0) is 20.2. The minimum absolute atomic E-state index is 0.185. The van der Waals surface area contributed by atoms with Gasteiger partial charge in [0.15, 0.2) is 5.82 Å². The Hall–Kier alpha value is -3.22. The molecule has 2 aromatic carbocycles. The van der Waals surface area contributed by atoms with Gasteiger partial charge in [-0.15, -0.1) is 5.10 Å². The van der Waals surface area contributed by atoms with E-state index in [9.17, 15) is 4.79 Å². The van der Waals surface area contributed by atoms with Gasteiger partial charge in [0, 0.05) is 5.02 Å². The van der Waals surface area contributed by atoms with Gasteiger partial charge in [0.2, 0.25) is 4.96 Å². The monoisotopic (exact) mass is 421 g/mol. The van der Waals surface area contributed by atoms with E-state index in [2.05, 4.69) is 16.7 Å². The molecule has 2 heterocycles. The highest BCUT2D eigenvalue weighted by atomic mass is 35.5. The van der Waals surface area contributed by atoms with Gasteiger partial charge < -0.3 is 4.74 Å². The van der Waals surface area contributed by atoms with Gasteiger partial charge in [-0.25, -0.2) is 0 Å². The van der Waals surface area contributed by atoms with Gasteiger partial charge in [-0.2, -0.15) is 9.50 Å². The summed E-state index contributed by atoms with van der Waals surface area (Å²) >= 11 is 7.19. The highest BCUT2D eigenvalue weighted by Gasteiger charge is 2.08. The van der Waals surface area contributed by atoms with Gasteiger partial charge in [0.1, 0.15) is 12.4 Å². The summed E-state index contributed by atoms with van der Waals surface area (Å²) < 4.78 is 7.38. The minimum Gasteiger partial charge on any atom is -0.490 e. The first-order valence-electron chi connectivity index (χ1n) is 8.81. The molecule has 0 atom stereocenters. The molecular weight excluding hydrogens is 406 g/mol. The van der Waals surface area contributed by atoms with Crippen LogP contribution >= 0.6 is 22.9 Å². The van der Waals surface area contributed by atoms with Crippen molar-refractivity contribution in [2.24, 2.45) is 0 Å². The average molecular weight is 422 g/mol. The zero-order valence-electron chi connectivity index (χ0n) is 15.3. The largest absolute Gasteiger partial charge is 0.490 e. The van der Waals surface area contributed by atoms with Crippen molar-refractivity contribution in [2.75, 3.05) is 6.61 Å². The summed E-state index contributed by atoms with van der Waals surface area (Å²) in [7, 11) is 0. The second-order valence-electron chi connectivity index (χ2n) is 6.13. The molecule has 0 amide bonds. The predicted molar refractivity (Wildman–Crippen MR) is 118 cm³/mol. The van der Waals surface area contributed by atoms with E-state index < -0.39 is 0 Å². The molecule has 0 aliphatic heterocycles. The predicted octanol–water partition coefficient (Wildman–Crippen LogP) is 4.09. The lowest BCUT2D eigenvalue weighted by atomic mass is 10.2. The maximum atomic E-state index is 12.6. The summed E-state index contributed by atoms with van der Waals surface area (Å²) in [6.07, 6.45) is 7.16. The Bertz CT molecular complexity index is 1290. The summed E-state index contributed by atoms with van der Waals surface area (Å²) in [5, 5.41) is 4.98. The van der Waals surface area contributed by atoms with E-state index in [-0.39, 0.29) is 5.56 Å². The average Bonchev–Trinajstić information content (AvgIpc) is 3.26. The van der Waals surface area contributed by atoms with Crippen molar-refractivity contribution in [3.8, 4) is 5.75 Å². The second-order valence-corrected chi connectivity index (χ2v) is 7.58. The second kappa shape index (κ2) is 8.43. The van der Waals surface area contributed by atoms with E-state index in [0.29, 0.717) is 26.9 Å². The molecule has 0 spiro atoms. The molecule has 5 nitrogen and oxygen atoms in total. The van der Waals surface area contributed by atoms with E-state index in [4.69, 9.17) is 16.3 Å². The highest BCUT2D eigenvalue weighted by molar-refractivity contribution is 7.15. The van der Waals surface area contributed by atoms with E-state index in [1.807, 2.05) is 60.7 Å². The fraction of sp³-hybridized carbons (Fsp3) is 0.0455. The Balaban J connectivity index is 1.58. The number of benzene rings is 2. The van der Waals surface area contributed by atoms with Crippen LogP contribution in [-0.2, 0) is 0 Å². The molecule has 0 aliphatic carbocycles. The molecule has 2 aromatic heterocycles. The molecule has 0 saturated heterocycles. The molecule has 4 aromatic rings. The lowest BCUT2D eigenvalue weighted by Gasteiger charge is -2.02. The third-order valence-corrected chi connectivity index (χ3v) is 5.25. The fourth-order valence-electron chi connectivity index (χ4n) is 2.63. The van der Waals surface area contributed by atoms with Crippen LogP contribution < -0.4 is 14.8 Å². The molecule has 0 bridgehead atoms. The van der Waals surface area contributed by atoms with Crippen molar-refractivity contribution < 1.29 is 4.74 Å². The number of halogens is 1. The molecule has 144 valence electrons. The van der Waals surface area contributed by atoms with Crippen molar-refractivity contribution in [3.05, 3.63) is 98.0 Å². The first-order chi connectivity index (χ1) is 14.1. The minimum atomic E-state index is -0.185. The van der Waals surface area contributed by atoms with Crippen LogP contribution in [0.2, 0.25) is 5.02 Å². The number of ether oxygens (including phenoxy) is 1. The molecule has 7 heteroatoms. The molecule has 0 unspecified atom stereocenters. The maximum absolute atomic E-state index is 12.6. The molecule has 0 aliphatic rings. The molecule has 0 saturated carbocycles. The van der Waals surface area contributed by atoms with Crippen molar-refractivity contribution in [2.45, 2.75) is 0 Å². The standard InChI is InChI=1S/C22H16ClN3O2S/c1-2-13-28-18-10-5-16(6-11-18)14-19-21(27)26-22(29-19)24-20(25-26)12-7-15-3-8-17(23)9-4-15/h2-12,14H,1,13H2/b12-7+,19-14+. The molecule has 4 rings (SSSR count). The molecule has 29 heavy (non-hydrogen) atoms. The Labute approximate surface area is 175 Å². The van der Waals surface area contributed by atoms with Gasteiger partial charge >= 0.3 is 0 Å². The molecular formula is C22H16ClN3O2S. The summed E-state index contributed by atoms with van der Waals surface area (Å²) in [6, 6.07) is 14.9. The van der Waals surface area contributed by atoms with Crippen LogP contribution in [0.5, 0.6) is 5.75 Å². The van der Waals surface area contributed by atoms with E-state index in [0.717, 1.165) is 16.9 Å². The number of thiazole rings is 1. The van der Waals surface area contributed by atoms with Crippen LogP contribution in [0.25, 0.3) is 23.2 Å². The molecule has 0 fully saturated rings. The summed E-state index contributed by atoms with van der Waals surface area (Å²) in [6.45, 7) is 4.08. The topological polar surface area (TPSA) is 56.5 Å². The summed E-state index contributed by atoms with van der Waals surface area (Å²) in [5.41, 5.74) is 1.69. The third kappa shape index (κ3) is 4.45. The number of aromatic nitrogens is 3. The smallest absolute Gasteiger partial charge is 0.291 e. The molecule has 0 radical (unpaired) electrons. The van der Waals surface area contributed by atoms with E-state index in [1.165, 1.54) is 15.9 Å². The van der Waals surface area contributed by atoms with Crippen LogP contribution in [0.3, 0.4) is 0 Å². The van der Waals surface area contributed by atoms with Crippen LogP contribution in [0.4, 0.5) is 0 Å². The van der Waals surface area contributed by atoms with Gasteiger partial charge in [0.05, 0.1) is 4.53 Å². The summed E-state index contributed by atoms with van der Waals surface area (Å²) in [4.78, 5) is 17.6. The quantitative estimate of drug-likeness (QED) is 0.440. The van der Waals surface area contributed by atoms with Crippen molar-refractivity contribution in [1.29, 1.82) is 0 Å². The number of nitrogens with zero attached hydrogens (tertiary/aromatic N) is 3. The zero-order valence-corrected chi connectivity index (χ0v) is 16.9. The van der Waals surface area contributed by atoms with Gasteiger partial charge in [0.25, 0.3) is 5.56 Å². The van der Waals surface area contributed by atoms with Gasteiger partial charge in [-0.05, 0) is 47.5 Å². The van der Waals surface area contributed by atoms with Crippen LogP contribution in [0, 0.1) is 0 Å². The first kappa shape index (κ1) is 19.1. The Morgan fingerprint density at radius 3 is 2.48 bits per heavy atom. The Kier molecular flexibility index (Phi) is 5.55. The fourth-order valence-corrected chi connectivity index (χ4v) is 3.67. The first-order valence-corrected chi connectivity index (χ1v) is 10.0.